The first kappa shape index (κ1) is 23.9. The van der Waals surface area contributed by atoms with Crippen LogP contribution < -0.4 is 4.90 Å². The molecule has 5 rings (SSSR count). The Balaban J connectivity index is 1.35. The van der Waals surface area contributed by atoms with E-state index in [4.69, 9.17) is 5.26 Å². The van der Waals surface area contributed by atoms with Crippen molar-refractivity contribution < 1.29 is 13.6 Å². The van der Waals surface area contributed by atoms with Gasteiger partial charge in [0.05, 0.1) is 29.9 Å². The molecule has 2 atom stereocenters. The number of alkyl halides is 1. The third-order valence-corrected chi connectivity index (χ3v) is 6.86. The second-order valence-electron chi connectivity index (χ2n) is 9.33. The molecule has 186 valence electrons. The lowest BCUT2D eigenvalue weighted by molar-refractivity contribution is 0.0481. The Labute approximate surface area is 208 Å². The van der Waals surface area contributed by atoms with Crippen molar-refractivity contribution in [1.82, 2.24) is 24.4 Å². The smallest absolute Gasteiger partial charge is 0.274 e. The highest BCUT2D eigenvalue weighted by Crippen LogP contribution is 2.35. The van der Waals surface area contributed by atoms with Crippen LogP contribution in [0.4, 0.5) is 14.7 Å². The molecule has 8 nitrogen and oxygen atoms in total. The van der Waals surface area contributed by atoms with Crippen molar-refractivity contribution in [3.05, 3.63) is 65.3 Å². The van der Waals surface area contributed by atoms with Gasteiger partial charge in [-0.1, -0.05) is 6.92 Å². The molecule has 1 saturated heterocycles. The van der Waals surface area contributed by atoms with Crippen molar-refractivity contribution in [2.75, 3.05) is 18.0 Å². The number of nitrogens with zero attached hydrogens (tertiary/aromatic N) is 7. The first-order chi connectivity index (χ1) is 17.4. The normalized spacial score (nSPS) is 19.7. The number of nitriles is 1. The Morgan fingerprint density at radius 1 is 1.25 bits per heavy atom. The number of benzene rings is 1. The average molecular weight is 492 g/mol. The van der Waals surface area contributed by atoms with E-state index in [2.05, 4.69) is 15.0 Å². The van der Waals surface area contributed by atoms with Gasteiger partial charge in [0.25, 0.3) is 5.91 Å². The van der Waals surface area contributed by atoms with Crippen molar-refractivity contribution in [1.29, 1.82) is 5.26 Å². The van der Waals surface area contributed by atoms with Crippen molar-refractivity contribution in [2.45, 2.75) is 57.8 Å². The van der Waals surface area contributed by atoms with Crippen molar-refractivity contribution in [2.24, 2.45) is 0 Å². The van der Waals surface area contributed by atoms with Crippen LogP contribution in [0.2, 0.25) is 0 Å². The van der Waals surface area contributed by atoms with Crippen LogP contribution in [0.15, 0.2) is 36.8 Å². The molecule has 1 aliphatic heterocycles. The molecule has 0 bridgehead atoms. The molecule has 3 heterocycles. The number of anilines is 1. The van der Waals surface area contributed by atoms with E-state index in [0.717, 1.165) is 30.9 Å². The third kappa shape index (κ3) is 4.53. The van der Waals surface area contributed by atoms with E-state index in [0.29, 0.717) is 24.7 Å². The highest BCUT2D eigenvalue weighted by Gasteiger charge is 2.44. The van der Waals surface area contributed by atoms with E-state index in [9.17, 15) is 9.18 Å². The molecule has 1 unspecified atom stereocenters. The number of amides is 1. The second kappa shape index (κ2) is 9.64. The van der Waals surface area contributed by atoms with Gasteiger partial charge in [-0.2, -0.15) is 5.26 Å². The highest BCUT2D eigenvalue weighted by molar-refractivity contribution is 5.93. The lowest BCUT2D eigenvalue weighted by atomic mass is 10.0. The molecule has 1 amide bonds. The Morgan fingerprint density at radius 2 is 2.00 bits per heavy atom. The summed E-state index contributed by atoms with van der Waals surface area (Å²) >= 11 is 0. The summed E-state index contributed by atoms with van der Waals surface area (Å²) < 4.78 is 31.6. The third-order valence-electron chi connectivity index (χ3n) is 6.86. The quantitative estimate of drug-likeness (QED) is 0.522. The molecule has 36 heavy (non-hydrogen) atoms. The zero-order valence-electron chi connectivity index (χ0n) is 20.2. The Bertz CT molecular complexity index is 1310. The predicted octanol–water partition coefficient (Wildman–Crippen LogP) is 3.77. The van der Waals surface area contributed by atoms with Gasteiger partial charge in [0.1, 0.15) is 23.5 Å². The minimum absolute atomic E-state index is 0.0236. The second-order valence-corrected chi connectivity index (χ2v) is 9.33. The fourth-order valence-corrected chi connectivity index (χ4v) is 4.74. The van der Waals surface area contributed by atoms with Crippen LogP contribution in [0.5, 0.6) is 0 Å². The average Bonchev–Trinajstić information content (AvgIpc) is 3.65. The van der Waals surface area contributed by atoms with Crippen LogP contribution in [0, 0.1) is 24.1 Å². The molecule has 1 aliphatic carbocycles. The van der Waals surface area contributed by atoms with E-state index in [-0.39, 0.29) is 35.4 Å². The maximum atomic E-state index is 15.5. The van der Waals surface area contributed by atoms with Gasteiger partial charge in [0, 0.05) is 31.2 Å². The van der Waals surface area contributed by atoms with E-state index >= 15 is 4.39 Å². The van der Waals surface area contributed by atoms with Crippen molar-refractivity contribution >= 4 is 11.9 Å². The Kier molecular flexibility index (Phi) is 6.39. The van der Waals surface area contributed by atoms with Gasteiger partial charge in [0.15, 0.2) is 0 Å². The topological polar surface area (TPSA) is 90.9 Å². The first-order valence-electron chi connectivity index (χ1n) is 12.2. The molecule has 0 spiro atoms. The number of piperidine rings is 1. The van der Waals surface area contributed by atoms with E-state index < -0.39 is 18.0 Å². The maximum Gasteiger partial charge on any atom is 0.274 e. The fraction of sp³-hybridized carbons (Fsp3) is 0.423. The minimum atomic E-state index is -1.27. The van der Waals surface area contributed by atoms with Crippen molar-refractivity contribution in [3.63, 3.8) is 0 Å². The maximum absolute atomic E-state index is 15.5. The van der Waals surface area contributed by atoms with E-state index in [1.54, 1.807) is 24.2 Å². The molecule has 2 aliphatic rings. The molecule has 2 aromatic heterocycles. The molecule has 1 saturated carbocycles. The molecule has 3 aromatic rings. The fourth-order valence-electron chi connectivity index (χ4n) is 4.74. The van der Waals surface area contributed by atoms with Gasteiger partial charge in [-0.3, -0.25) is 4.79 Å². The molecule has 10 heteroatoms. The monoisotopic (exact) mass is 491 g/mol. The van der Waals surface area contributed by atoms with Crippen LogP contribution in [0.3, 0.4) is 0 Å². The minimum Gasteiger partial charge on any atom is -0.338 e. The number of aromatic nitrogens is 4. The Hall–Kier alpha value is -3.87. The SMILES string of the molecule is CCc1cnc(N2CC[C@@H](N(C(=O)c3cn(-c4ccc(C#N)cc4F)c(C)n3)C3CC3)C(F)C2)nc1. The summed E-state index contributed by atoms with van der Waals surface area (Å²) in [5.41, 5.74) is 1.57. The van der Waals surface area contributed by atoms with Crippen LogP contribution in [-0.4, -0.2) is 61.7 Å². The number of aryl methyl sites for hydroxylation is 2. The number of hydrogen-bond acceptors (Lipinski definition) is 6. The number of hydrogen-bond donors (Lipinski definition) is 0. The zero-order valence-corrected chi connectivity index (χ0v) is 20.2. The van der Waals surface area contributed by atoms with Crippen LogP contribution in [0.1, 0.15) is 53.6 Å². The molecule has 0 radical (unpaired) electrons. The molecule has 1 aromatic carbocycles. The lowest BCUT2D eigenvalue weighted by Crippen LogP contribution is -2.55. The summed E-state index contributed by atoms with van der Waals surface area (Å²) in [5.74, 6) is -0.00978. The standard InChI is InChI=1S/C26H27F2N7O/c1-3-17-12-30-26(31-13-17)33-9-8-24(21(28)14-33)35(19-5-6-19)25(36)22-15-34(16(2)32-22)23-7-4-18(11-29)10-20(23)27/h4,7,10,12-13,15,19,21,24H,3,5-6,8-9,14H2,1-2H3/t21?,24-/m1/s1. The first-order valence-corrected chi connectivity index (χ1v) is 12.2. The Morgan fingerprint density at radius 3 is 2.61 bits per heavy atom. The van der Waals surface area contributed by atoms with Crippen LogP contribution in [0.25, 0.3) is 5.69 Å². The van der Waals surface area contributed by atoms with E-state index in [1.165, 1.54) is 22.9 Å². The van der Waals surface area contributed by atoms with Crippen molar-refractivity contribution in [3.8, 4) is 11.8 Å². The van der Waals surface area contributed by atoms with Gasteiger partial charge in [-0.15, -0.1) is 0 Å². The molecule has 2 fully saturated rings. The summed E-state index contributed by atoms with van der Waals surface area (Å²) in [6.45, 7) is 4.35. The summed E-state index contributed by atoms with van der Waals surface area (Å²) in [5, 5.41) is 9.00. The number of imidazole rings is 1. The molecular formula is C26H27F2N7O. The summed E-state index contributed by atoms with van der Waals surface area (Å²) in [7, 11) is 0. The van der Waals surface area contributed by atoms with Gasteiger partial charge in [0.2, 0.25) is 5.95 Å². The van der Waals surface area contributed by atoms with Gasteiger partial charge < -0.3 is 14.4 Å². The summed E-state index contributed by atoms with van der Waals surface area (Å²) in [4.78, 5) is 30.2. The predicted molar refractivity (Wildman–Crippen MR) is 129 cm³/mol. The van der Waals surface area contributed by atoms with Crippen LogP contribution in [-0.2, 0) is 6.42 Å². The summed E-state index contributed by atoms with van der Waals surface area (Å²) in [6.07, 6.45) is 6.68. The number of carbonyl (C=O) groups is 1. The summed E-state index contributed by atoms with van der Waals surface area (Å²) in [6, 6.07) is 5.45. The zero-order chi connectivity index (χ0) is 25.4. The molecular weight excluding hydrogens is 464 g/mol. The van der Waals surface area contributed by atoms with Crippen LogP contribution >= 0.6 is 0 Å². The number of carbonyl (C=O) groups excluding carboxylic acids is 1. The van der Waals surface area contributed by atoms with Gasteiger partial charge in [-0.25, -0.2) is 23.7 Å². The van der Waals surface area contributed by atoms with Gasteiger partial charge in [-0.05, 0) is 56.4 Å². The highest BCUT2D eigenvalue weighted by atomic mass is 19.1. The van der Waals surface area contributed by atoms with E-state index in [1.807, 2.05) is 17.9 Å². The molecule has 0 N–H and O–H groups in total. The lowest BCUT2D eigenvalue weighted by Gasteiger charge is -2.40. The largest absolute Gasteiger partial charge is 0.338 e. The van der Waals surface area contributed by atoms with Gasteiger partial charge >= 0.3 is 0 Å². The number of rotatable bonds is 6. The number of halogens is 2.